The smallest absolute Gasteiger partial charge is 0.00953 e. The van der Waals surface area contributed by atoms with E-state index in [0.29, 0.717) is 0 Å². The van der Waals surface area contributed by atoms with Crippen molar-refractivity contribution in [1.29, 1.82) is 0 Å². The van der Waals surface area contributed by atoms with Crippen LogP contribution in [0.4, 0.5) is 0 Å². The molecule has 0 aromatic carbocycles. The van der Waals surface area contributed by atoms with Crippen LogP contribution in [0.5, 0.6) is 0 Å². The molecule has 1 rings (SSSR count). The maximum atomic E-state index is 3.86. The van der Waals surface area contributed by atoms with Crippen LogP contribution < -0.4 is 5.32 Å². The Morgan fingerprint density at radius 2 is 1.55 bits per heavy atom. The van der Waals surface area contributed by atoms with Crippen molar-refractivity contribution in [2.75, 3.05) is 6.54 Å². The van der Waals surface area contributed by atoms with Gasteiger partial charge in [0, 0.05) is 6.04 Å². The summed E-state index contributed by atoms with van der Waals surface area (Å²) in [7, 11) is 0. The van der Waals surface area contributed by atoms with Gasteiger partial charge in [0.25, 0.3) is 0 Å². The van der Waals surface area contributed by atoms with E-state index in [1.54, 1.807) is 0 Å². The molecule has 1 aliphatic carbocycles. The van der Waals surface area contributed by atoms with E-state index in [0.717, 1.165) is 17.9 Å². The molecule has 1 heteroatoms. The van der Waals surface area contributed by atoms with Gasteiger partial charge in [-0.25, -0.2) is 0 Å². The molecule has 120 valence electrons. The van der Waals surface area contributed by atoms with Crippen LogP contribution in [-0.4, -0.2) is 12.6 Å². The minimum Gasteiger partial charge on any atom is -0.314 e. The molecular weight excluding hydrogens is 242 g/mol. The van der Waals surface area contributed by atoms with Crippen LogP contribution in [-0.2, 0) is 0 Å². The number of hydrogen-bond donors (Lipinski definition) is 1. The zero-order chi connectivity index (χ0) is 14.6. The largest absolute Gasteiger partial charge is 0.314 e. The maximum absolute atomic E-state index is 3.86. The standard InChI is InChI=1S/C19H39N/c1-4-7-8-9-10-11-19(20-16-5-2)18-14-12-17(6-3)13-15-18/h17-20H,4-16H2,1-3H3. The summed E-state index contributed by atoms with van der Waals surface area (Å²) in [6, 6.07) is 0.814. The zero-order valence-electron chi connectivity index (χ0n) is 14.4. The average Bonchev–Trinajstić information content (AvgIpc) is 2.50. The van der Waals surface area contributed by atoms with Gasteiger partial charge in [0.05, 0.1) is 0 Å². The monoisotopic (exact) mass is 281 g/mol. The van der Waals surface area contributed by atoms with Gasteiger partial charge in [0.15, 0.2) is 0 Å². The Bertz CT molecular complexity index is 206. The van der Waals surface area contributed by atoms with Crippen LogP contribution in [0.2, 0.25) is 0 Å². The third-order valence-corrected chi connectivity index (χ3v) is 5.31. The predicted molar refractivity (Wildman–Crippen MR) is 91.2 cm³/mol. The van der Waals surface area contributed by atoms with Crippen LogP contribution in [0.25, 0.3) is 0 Å². The van der Waals surface area contributed by atoms with Gasteiger partial charge in [-0.3, -0.25) is 0 Å². The summed E-state index contributed by atoms with van der Waals surface area (Å²) in [5.74, 6) is 2.00. The topological polar surface area (TPSA) is 12.0 Å². The van der Waals surface area contributed by atoms with E-state index in [9.17, 15) is 0 Å². The Morgan fingerprint density at radius 1 is 0.850 bits per heavy atom. The van der Waals surface area contributed by atoms with E-state index in [2.05, 4.69) is 26.1 Å². The van der Waals surface area contributed by atoms with Crippen LogP contribution in [0.15, 0.2) is 0 Å². The highest BCUT2D eigenvalue weighted by Gasteiger charge is 2.26. The van der Waals surface area contributed by atoms with E-state index in [4.69, 9.17) is 0 Å². The molecule has 0 heterocycles. The highest BCUT2D eigenvalue weighted by atomic mass is 14.9. The molecule has 0 spiro atoms. The van der Waals surface area contributed by atoms with Gasteiger partial charge < -0.3 is 5.32 Å². The molecule has 1 aliphatic rings. The molecule has 1 fully saturated rings. The Morgan fingerprint density at radius 3 is 2.15 bits per heavy atom. The van der Waals surface area contributed by atoms with Crippen molar-refractivity contribution >= 4 is 0 Å². The predicted octanol–water partition coefficient (Wildman–Crippen LogP) is 5.93. The molecule has 1 saturated carbocycles. The van der Waals surface area contributed by atoms with E-state index in [1.807, 2.05) is 0 Å². The lowest BCUT2D eigenvalue weighted by Crippen LogP contribution is -2.38. The van der Waals surface area contributed by atoms with Crippen molar-refractivity contribution in [3.05, 3.63) is 0 Å². The second kappa shape index (κ2) is 11.6. The average molecular weight is 282 g/mol. The fourth-order valence-corrected chi connectivity index (χ4v) is 3.80. The normalized spacial score (nSPS) is 24.8. The summed E-state index contributed by atoms with van der Waals surface area (Å²) in [5, 5.41) is 3.86. The molecule has 1 N–H and O–H groups in total. The molecule has 0 aromatic heterocycles. The first-order chi connectivity index (χ1) is 9.81. The van der Waals surface area contributed by atoms with Gasteiger partial charge in [-0.2, -0.15) is 0 Å². The van der Waals surface area contributed by atoms with Crippen LogP contribution in [0, 0.1) is 11.8 Å². The van der Waals surface area contributed by atoms with Crippen LogP contribution in [0.3, 0.4) is 0 Å². The van der Waals surface area contributed by atoms with E-state index in [1.165, 1.54) is 83.6 Å². The number of nitrogens with one attached hydrogen (secondary N) is 1. The first-order valence-corrected chi connectivity index (χ1v) is 9.55. The maximum Gasteiger partial charge on any atom is 0.00953 e. The molecule has 0 saturated heterocycles. The number of unbranched alkanes of at least 4 members (excludes halogenated alkanes) is 4. The third-order valence-electron chi connectivity index (χ3n) is 5.31. The third kappa shape index (κ3) is 7.11. The molecule has 0 radical (unpaired) electrons. The minimum absolute atomic E-state index is 0.814. The first-order valence-electron chi connectivity index (χ1n) is 9.55. The highest BCUT2D eigenvalue weighted by Crippen LogP contribution is 2.33. The minimum atomic E-state index is 0.814. The summed E-state index contributed by atoms with van der Waals surface area (Å²) in [5.41, 5.74) is 0. The molecule has 20 heavy (non-hydrogen) atoms. The van der Waals surface area contributed by atoms with Crippen LogP contribution >= 0.6 is 0 Å². The summed E-state index contributed by atoms with van der Waals surface area (Å²) in [6.45, 7) is 8.18. The van der Waals surface area contributed by atoms with Crippen molar-refractivity contribution in [1.82, 2.24) is 5.32 Å². The summed E-state index contributed by atoms with van der Waals surface area (Å²) in [4.78, 5) is 0. The number of rotatable bonds is 11. The van der Waals surface area contributed by atoms with Gasteiger partial charge >= 0.3 is 0 Å². The lowest BCUT2D eigenvalue weighted by molar-refractivity contribution is 0.208. The summed E-state index contributed by atoms with van der Waals surface area (Å²) < 4.78 is 0. The summed E-state index contributed by atoms with van der Waals surface area (Å²) >= 11 is 0. The Kier molecular flexibility index (Phi) is 10.4. The number of hydrogen-bond acceptors (Lipinski definition) is 1. The Labute approximate surface area is 128 Å². The molecule has 1 atom stereocenters. The quantitative estimate of drug-likeness (QED) is 0.463. The van der Waals surface area contributed by atoms with Crippen molar-refractivity contribution in [2.45, 2.75) is 104 Å². The molecule has 1 unspecified atom stereocenters. The van der Waals surface area contributed by atoms with Gasteiger partial charge in [-0.15, -0.1) is 0 Å². The molecular formula is C19H39N. The summed E-state index contributed by atoms with van der Waals surface area (Å²) in [6.07, 6.45) is 17.1. The molecule has 1 nitrogen and oxygen atoms in total. The second-order valence-corrected chi connectivity index (χ2v) is 6.95. The van der Waals surface area contributed by atoms with E-state index < -0.39 is 0 Å². The molecule has 0 aromatic rings. The van der Waals surface area contributed by atoms with Gasteiger partial charge in [0.1, 0.15) is 0 Å². The van der Waals surface area contributed by atoms with Gasteiger partial charge in [-0.1, -0.05) is 72.1 Å². The zero-order valence-corrected chi connectivity index (χ0v) is 14.4. The fraction of sp³-hybridized carbons (Fsp3) is 1.00. The SMILES string of the molecule is CCCCCCCC(NCCC)C1CCC(CC)CC1. The lowest BCUT2D eigenvalue weighted by atomic mass is 9.76. The molecule has 0 bridgehead atoms. The van der Waals surface area contributed by atoms with Crippen molar-refractivity contribution in [3.63, 3.8) is 0 Å². The van der Waals surface area contributed by atoms with Crippen molar-refractivity contribution < 1.29 is 0 Å². The van der Waals surface area contributed by atoms with Crippen LogP contribution in [0.1, 0.15) is 97.8 Å². The van der Waals surface area contributed by atoms with Crippen molar-refractivity contribution in [3.8, 4) is 0 Å². The fourth-order valence-electron chi connectivity index (χ4n) is 3.80. The Balaban J connectivity index is 2.27. The second-order valence-electron chi connectivity index (χ2n) is 6.95. The van der Waals surface area contributed by atoms with E-state index >= 15 is 0 Å². The van der Waals surface area contributed by atoms with Gasteiger partial charge in [0.2, 0.25) is 0 Å². The lowest BCUT2D eigenvalue weighted by Gasteiger charge is -2.34. The Hall–Kier alpha value is -0.0400. The first kappa shape index (κ1) is 18.0. The molecule has 0 amide bonds. The highest BCUT2D eigenvalue weighted by molar-refractivity contribution is 4.81. The molecule has 0 aliphatic heterocycles. The van der Waals surface area contributed by atoms with E-state index in [-0.39, 0.29) is 0 Å². The van der Waals surface area contributed by atoms with Gasteiger partial charge in [-0.05, 0) is 44.1 Å². The van der Waals surface area contributed by atoms with Crippen molar-refractivity contribution in [2.24, 2.45) is 11.8 Å².